The molecule has 1 aromatic rings. The largest absolute Gasteiger partial charge is 0.480 e. The third-order valence-corrected chi connectivity index (χ3v) is 1.85. The Kier molecular flexibility index (Phi) is 3.38. The van der Waals surface area contributed by atoms with Crippen LogP contribution in [0.1, 0.15) is 18.9 Å². The minimum atomic E-state index is 0.918. The second-order valence-corrected chi connectivity index (χ2v) is 2.75. The number of rotatable bonds is 3. The van der Waals surface area contributed by atoms with Gasteiger partial charge in [-0.25, -0.2) is 0 Å². The van der Waals surface area contributed by atoms with E-state index in [9.17, 15) is 0 Å². The quantitative estimate of drug-likeness (QED) is 0.630. The average Bonchev–Trinajstić information content (AvgIpc) is 2.06. The Hall–Kier alpha value is -0.550. The van der Waals surface area contributed by atoms with E-state index in [1.165, 1.54) is 12.0 Å². The van der Waals surface area contributed by atoms with E-state index in [4.69, 9.17) is 4.52 Å². The van der Waals surface area contributed by atoms with Gasteiger partial charge in [-0.15, -0.1) is 0 Å². The molecule has 0 amide bonds. The van der Waals surface area contributed by atoms with Crippen molar-refractivity contribution < 1.29 is 4.52 Å². The summed E-state index contributed by atoms with van der Waals surface area (Å²) in [4.78, 5) is 0. The van der Waals surface area contributed by atoms with Gasteiger partial charge in [0.15, 0.2) is 0 Å². The molecule has 0 heterocycles. The number of hydrogen-bond donors (Lipinski definition) is 0. The molecule has 11 heavy (non-hydrogen) atoms. The van der Waals surface area contributed by atoms with Gasteiger partial charge in [-0.1, -0.05) is 25.5 Å². The molecule has 0 N–H and O–H groups in total. The van der Waals surface area contributed by atoms with Gasteiger partial charge in [-0.05, 0) is 24.1 Å². The summed E-state index contributed by atoms with van der Waals surface area (Å²) >= 11 is 0. The molecule has 1 unspecified atom stereocenters. The Morgan fingerprint density at radius 1 is 1.45 bits per heavy atom. The molecule has 0 fully saturated rings. The highest BCUT2D eigenvalue weighted by molar-refractivity contribution is 7.10. The van der Waals surface area contributed by atoms with Crippen LogP contribution < -0.4 is 4.52 Å². The molecule has 1 atom stereocenters. The van der Waals surface area contributed by atoms with Crippen molar-refractivity contribution in [2.24, 2.45) is 0 Å². The molecule has 0 bridgehead atoms. The maximum atomic E-state index is 5.02. The molecule has 0 spiro atoms. The Labute approximate surface area is 70.1 Å². The van der Waals surface area contributed by atoms with E-state index in [-0.39, 0.29) is 0 Å². The average molecular weight is 168 g/mol. The lowest BCUT2D eigenvalue weighted by atomic mass is 10.1. The van der Waals surface area contributed by atoms with Crippen molar-refractivity contribution in [3.63, 3.8) is 0 Å². The topological polar surface area (TPSA) is 9.23 Å². The summed E-state index contributed by atoms with van der Waals surface area (Å²) in [5.74, 6) is 0.918. The zero-order valence-electron chi connectivity index (χ0n) is 6.71. The van der Waals surface area contributed by atoms with Crippen LogP contribution in [0.4, 0.5) is 0 Å². The number of aryl methyl sites for hydroxylation is 1. The molecule has 2 heteroatoms. The van der Waals surface area contributed by atoms with Crippen molar-refractivity contribution in [3.05, 3.63) is 29.8 Å². The van der Waals surface area contributed by atoms with Gasteiger partial charge in [0.2, 0.25) is 0 Å². The van der Waals surface area contributed by atoms with Crippen LogP contribution >= 0.6 is 9.47 Å². The lowest BCUT2D eigenvalue weighted by Crippen LogP contribution is -1.82. The number of hydrogen-bond acceptors (Lipinski definition) is 1. The second kappa shape index (κ2) is 4.35. The predicted molar refractivity (Wildman–Crippen MR) is 50.8 cm³/mol. The molecule has 0 saturated carbocycles. The van der Waals surface area contributed by atoms with E-state index in [0.717, 1.165) is 12.2 Å². The van der Waals surface area contributed by atoms with Crippen molar-refractivity contribution in [1.82, 2.24) is 0 Å². The molecule has 1 nitrogen and oxygen atoms in total. The zero-order valence-corrected chi connectivity index (χ0v) is 7.86. The molecule has 0 radical (unpaired) electrons. The van der Waals surface area contributed by atoms with Gasteiger partial charge in [0.1, 0.15) is 5.75 Å². The van der Waals surface area contributed by atoms with Gasteiger partial charge < -0.3 is 4.52 Å². The highest BCUT2D eigenvalue weighted by Crippen LogP contribution is 2.15. The molecule has 0 saturated heterocycles. The highest BCUT2D eigenvalue weighted by Gasteiger charge is 1.92. The first-order valence-electron chi connectivity index (χ1n) is 3.82. The van der Waals surface area contributed by atoms with Gasteiger partial charge in [0, 0.05) is 0 Å². The summed E-state index contributed by atoms with van der Waals surface area (Å²) in [6.07, 6.45) is 2.31. The molecule has 0 aliphatic heterocycles. The third kappa shape index (κ3) is 2.51. The molecule has 1 aromatic carbocycles. The van der Waals surface area contributed by atoms with Crippen LogP contribution in [0.3, 0.4) is 0 Å². The van der Waals surface area contributed by atoms with Gasteiger partial charge in [-0.3, -0.25) is 0 Å². The SMILES string of the molecule is CCCc1cccc(OP)c1. The molecule has 0 aliphatic rings. The first kappa shape index (κ1) is 8.55. The maximum absolute atomic E-state index is 5.02. The van der Waals surface area contributed by atoms with E-state index in [2.05, 4.69) is 28.5 Å². The van der Waals surface area contributed by atoms with Crippen molar-refractivity contribution in [2.45, 2.75) is 19.8 Å². The standard InChI is InChI=1S/C9H13OP/c1-2-4-8-5-3-6-9(7-8)10-11/h3,5-7H,2,4,11H2,1H3. The molecule has 0 aromatic heterocycles. The first-order valence-corrected chi connectivity index (χ1v) is 4.29. The van der Waals surface area contributed by atoms with Crippen LogP contribution in [0.5, 0.6) is 5.75 Å². The molecule has 1 rings (SSSR count). The minimum Gasteiger partial charge on any atom is -0.480 e. The van der Waals surface area contributed by atoms with Crippen LogP contribution in [0.2, 0.25) is 0 Å². The van der Waals surface area contributed by atoms with Crippen LogP contribution in [0.15, 0.2) is 24.3 Å². The molecular weight excluding hydrogens is 155 g/mol. The van der Waals surface area contributed by atoms with Crippen LogP contribution in [0, 0.1) is 0 Å². The summed E-state index contributed by atoms with van der Waals surface area (Å²) in [6, 6.07) is 8.16. The van der Waals surface area contributed by atoms with Crippen LogP contribution in [0.25, 0.3) is 0 Å². The fraction of sp³-hybridized carbons (Fsp3) is 0.333. The minimum absolute atomic E-state index is 0.918. The van der Waals surface area contributed by atoms with E-state index >= 15 is 0 Å². The summed E-state index contributed by atoms with van der Waals surface area (Å²) in [6.45, 7) is 2.17. The van der Waals surface area contributed by atoms with E-state index in [1.807, 2.05) is 12.1 Å². The monoisotopic (exact) mass is 168 g/mol. The smallest absolute Gasteiger partial charge is 0.122 e. The normalized spacial score (nSPS) is 9.64. The summed E-state index contributed by atoms with van der Waals surface area (Å²) in [5, 5.41) is 0. The summed E-state index contributed by atoms with van der Waals surface area (Å²) < 4.78 is 5.02. The highest BCUT2D eigenvalue weighted by atomic mass is 31.0. The fourth-order valence-electron chi connectivity index (χ4n) is 1.06. The van der Waals surface area contributed by atoms with Gasteiger partial charge in [0.25, 0.3) is 0 Å². The lowest BCUT2D eigenvalue weighted by Gasteiger charge is -2.01. The predicted octanol–water partition coefficient (Wildman–Crippen LogP) is 2.81. The summed E-state index contributed by atoms with van der Waals surface area (Å²) in [5.41, 5.74) is 1.34. The van der Waals surface area contributed by atoms with Crippen LogP contribution in [-0.4, -0.2) is 0 Å². The van der Waals surface area contributed by atoms with Gasteiger partial charge in [-0.2, -0.15) is 0 Å². The first-order chi connectivity index (χ1) is 5.36. The molecular formula is C9H13OP. The third-order valence-electron chi connectivity index (χ3n) is 1.57. The lowest BCUT2D eigenvalue weighted by molar-refractivity contribution is 0.644. The Balaban J connectivity index is 2.74. The Morgan fingerprint density at radius 3 is 2.91 bits per heavy atom. The van der Waals surface area contributed by atoms with Crippen molar-refractivity contribution in [3.8, 4) is 5.75 Å². The van der Waals surface area contributed by atoms with Crippen molar-refractivity contribution in [2.75, 3.05) is 0 Å². The van der Waals surface area contributed by atoms with Crippen molar-refractivity contribution in [1.29, 1.82) is 0 Å². The Bertz CT molecular complexity index is 223. The summed E-state index contributed by atoms with van der Waals surface area (Å²) in [7, 11) is 2.25. The van der Waals surface area contributed by atoms with Crippen LogP contribution in [-0.2, 0) is 6.42 Å². The molecule has 0 aliphatic carbocycles. The van der Waals surface area contributed by atoms with E-state index < -0.39 is 0 Å². The maximum Gasteiger partial charge on any atom is 0.122 e. The van der Waals surface area contributed by atoms with Gasteiger partial charge >= 0.3 is 0 Å². The number of benzene rings is 1. The zero-order chi connectivity index (χ0) is 8.10. The molecule has 60 valence electrons. The van der Waals surface area contributed by atoms with E-state index in [1.54, 1.807) is 0 Å². The van der Waals surface area contributed by atoms with Gasteiger partial charge in [0.05, 0.1) is 9.47 Å². The van der Waals surface area contributed by atoms with E-state index in [0.29, 0.717) is 0 Å². The second-order valence-electron chi connectivity index (χ2n) is 2.52. The Morgan fingerprint density at radius 2 is 2.27 bits per heavy atom. The van der Waals surface area contributed by atoms with Crippen molar-refractivity contribution >= 4 is 9.47 Å². The fourth-order valence-corrected chi connectivity index (χ4v) is 1.21.